The van der Waals surface area contributed by atoms with Gasteiger partial charge in [-0.1, -0.05) is 18.6 Å². The van der Waals surface area contributed by atoms with Crippen molar-refractivity contribution in [2.24, 2.45) is 13.0 Å². The molecule has 2 unspecified atom stereocenters. The Balaban J connectivity index is 1.74. The molecule has 0 spiro atoms. The fraction of sp³-hybridized carbons (Fsp3) is 0.867. The fourth-order valence-electron chi connectivity index (χ4n) is 3.56. The molecular weight excluding hydrogens is 250 g/mol. The first-order chi connectivity index (χ1) is 9.61. The lowest BCUT2D eigenvalue weighted by Crippen LogP contribution is -2.63. The average molecular weight is 277 g/mol. The second-order valence-corrected chi connectivity index (χ2v) is 6.76. The fourth-order valence-corrected chi connectivity index (χ4v) is 3.56. The summed E-state index contributed by atoms with van der Waals surface area (Å²) in [4.78, 5) is 2.66. The zero-order valence-corrected chi connectivity index (χ0v) is 13.0. The summed E-state index contributed by atoms with van der Waals surface area (Å²) in [6.07, 6.45) is 7.32. The van der Waals surface area contributed by atoms with Gasteiger partial charge in [-0.05, 0) is 32.1 Å². The Morgan fingerprint density at radius 2 is 2.25 bits per heavy atom. The van der Waals surface area contributed by atoms with E-state index in [9.17, 15) is 0 Å². The molecule has 20 heavy (non-hydrogen) atoms. The van der Waals surface area contributed by atoms with Gasteiger partial charge in [0.2, 0.25) is 0 Å². The zero-order valence-electron chi connectivity index (χ0n) is 13.0. The molecule has 1 aromatic heterocycles. The van der Waals surface area contributed by atoms with Crippen molar-refractivity contribution in [3.05, 3.63) is 11.9 Å². The Labute approximate surface area is 121 Å². The van der Waals surface area contributed by atoms with Gasteiger partial charge in [0.1, 0.15) is 0 Å². The van der Waals surface area contributed by atoms with Gasteiger partial charge in [-0.2, -0.15) is 0 Å². The van der Waals surface area contributed by atoms with Crippen LogP contribution in [-0.2, 0) is 13.6 Å². The molecule has 0 bridgehead atoms. The van der Waals surface area contributed by atoms with Gasteiger partial charge in [0.25, 0.3) is 0 Å². The van der Waals surface area contributed by atoms with Crippen LogP contribution in [0.4, 0.5) is 0 Å². The van der Waals surface area contributed by atoms with Crippen LogP contribution in [0.3, 0.4) is 0 Å². The van der Waals surface area contributed by atoms with Crippen molar-refractivity contribution in [3.8, 4) is 0 Å². The predicted molar refractivity (Wildman–Crippen MR) is 79.2 cm³/mol. The molecular formula is C15H27N5. The largest absolute Gasteiger partial charge is 0.311 e. The summed E-state index contributed by atoms with van der Waals surface area (Å²) in [5, 5.41) is 12.1. The molecule has 1 saturated carbocycles. The van der Waals surface area contributed by atoms with Crippen LogP contribution in [0.1, 0.15) is 45.2 Å². The third-order valence-corrected chi connectivity index (χ3v) is 5.01. The quantitative estimate of drug-likeness (QED) is 0.887. The molecule has 1 aliphatic heterocycles. The Kier molecular flexibility index (Phi) is 3.82. The monoisotopic (exact) mass is 277 g/mol. The summed E-state index contributed by atoms with van der Waals surface area (Å²) >= 11 is 0. The molecule has 2 fully saturated rings. The van der Waals surface area contributed by atoms with Gasteiger partial charge in [0.05, 0.1) is 5.69 Å². The van der Waals surface area contributed by atoms with Gasteiger partial charge >= 0.3 is 0 Å². The minimum Gasteiger partial charge on any atom is -0.311 e. The molecule has 5 heteroatoms. The topological polar surface area (TPSA) is 46.0 Å². The molecule has 112 valence electrons. The number of rotatable bonds is 5. The number of hydrogen-bond donors (Lipinski definition) is 1. The number of nitrogens with one attached hydrogen (secondary N) is 1. The van der Waals surface area contributed by atoms with Crippen molar-refractivity contribution >= 4 is 0 Å². The van der Waals surface area contributed by atoms with Gasteiger partial charge in [0.15, 0.2) is 0 Å². The number of piperazine rings is 1. The van der Waals surface area contributed by atoms with E-state index in [-0.39, 0.29) is 0 Å². The third kappa shape index (κ3) is 2.74. The molecule has 1 aromatic rings. The summed E-state index contributed by atoms with van der Waals surface area (Å²) in [5.74, 6) is 0.856. The van der Waals surface area contributed by atoms with E-state index in [1.54, 1.807) is 4.68 Å². The lowest BCUT2D eigenvalue weighted by Gasteiger charge is -2.48. The summed E-state index contributed by atoms with van der Waals surface area (Å²) < 4.78 is 1.80. The average Bonchev–Trinajstić information content (AvgIpc) is 3.19. The number of hydrogen-bond acceptors (Lipinski definition) is 4. The van der Waals surface area contributed by atoms with Crippen molar-refractivity contribution in [1.82, 2.24) is 25.2 Å². The minimum absolute atomic E-state index is 0.293. The van der Waals surface area contributed by atoms with Crippen LogP contribution in [0, 0.1) is 5.92 Å². The highest BCUT2D eigenvalue weighted by molar-refractivity contribution is 5.07. The molecule has 0 amide bonds. The van der Waals surface area contributed by atoms with E-state index in [1.807, 2.05) is 13.2 Å². The van der Waals surface area contributed by atoms with E-state index in [2.05, 4.69) is 34.4 Å². The smallest absolute Gasteiger partial charge is 0.0967 e. The van der Waals surface area contributed by atoms with E-state index >= 15 is 0 Å². The Hall–Kier alpha value is -0.940. The number of aryl methyl sites for hydroxylation is 1. The van der Waals surface area contributed by atoms with Gasteiger partial charge in [-0.25, -0.2) is 0 Å². The van der Waals surface area contributed by atoms with E-state index < -0.39 is 0 Å². The second kappa shape index (κ2) is 5.45. The highest BCUT2D eigenvalue weighted by Crippen LogP contribution is 2.44. The van der Waals surface area contributed by atoms with Crippen molar-refractivity contribution in [2.45, 2.75) is 57.7 Å². The van der Waals surface area contributed by atoms with Gasteiger partial charge in [-0.3, -0.25) is 9.58 Å². The van der Waals surface area contributed by atoms with Gasteiger partial charge in [0, 0.05) is 44.5 Å². The maximum atomic E-state index is 4.28. The van der Waals surface area contributed by atoms with Crippen LogP contribution < -0.4 is 5.32 Å². The highest BCUT2D eigenvalue weighted by Gasteiger charge is 2.48. The summed E-state index contributed by atoms with van der Waals surface area (Å²) in [6, 6.07) is 0.628. The first-order valence-corrected chi connectivity index (χ1v) is 7.95. The van der Waals surface area contributed by atoms with Crippen LogP contribution in [0.2, 0.25) is 0 Å². The molecule has 0 aromatic carbocycles. The molecule has 2 atom stereocenters. The third-order valence-electron chi connectivity index (χ3n) is 5.01. The zero-order chi connectivity index (χ0) is 14.2. The van der Waals surface area contributed by atoms with Crippen LogP contribution in [0.25, 0.3) is 0 Å². The molecule has 2 heterocycles. The predicted octanol–water partition coefficient (Wildman–Crippen LogP) is 1.56. The Morgan fingerprint density at radius 3 is 2.85 bits per heavy atom. The van der Waals surface area contributed by atoms with Crippen molar-refractivity contribution < 1.29 is 0 Å². The van der Waals surface area contributed by atoms with E-state index in [0.29, 0.717) is 11.6 Å². The molecule has 1 N–H and O–H groups in total. The summed E-state index contributed by atoms with van der Waals surface area (Å²) in [6.45, 7) is 7.88. The van der Waals surface area contributed by atoms with E-state index in [0.717, 1.165) is 31.2 Å². The van der Waals surface area contributed by atoms with Crippen molar-refractivity contribution in [1.29, 1.82) is 0 Å². The number of nitrogens with zero attached hydrogens (tertiary/aromatic N) is 4. The number of aromatic nitrogens is 3. The normalized spacial score (nSPS) is 31.6. The SMILES string of the molecule is CCCC1CN(Cc2cn(C)nn2)C(C)(C2CC2)CN1. The first-order valence-electron chi connectivity index (χ1n) is 7.95. The molecule has 0 radical (unpaired) electrons. The van der Waals surface area contributed by atoms with E-state index in [4.69, 9.17) is 0 Å². The van der Waals surface area contributed by atoms with Crippen molar-refractivity contribution in [3.63, 3.8) is 0 Å². The van der Waals surface area contributed by atoms with Gasteiger partial charge in [-0.15, -0.1) is 5.10 Å². The molecule has 3 rings (SSSR count). The minimum atomic E-state index is 0.293. The lowest BCUT2D eigenvalue weighted by atomic mass is 9.88. The maximum absolute atomic E-state index is 4.28. The molecule has 5 nitrogen and oxygen atoms in total. The van der Waals surface area contributed by atoms with Crippen molar-refractivity contribution in [2.75, 3.05) is 13.1 Å². The van der Waals surface area contributed by atoms with Crippen LogP contribution >= 0.6 is 0 Å². The Bertz CT molecular complexity index is 453. The molecule has 1 aliphatic carbocycles. The standard InChI is InChI=1S/C15H27N5/c1-4-5-13-9-20(10-14-8-19(3)18-17-14)15(2,11-16-13)12-6-7-12/h8,12-13,16H,4-7,9-11H2,1-3H3. The first kappa shape index (κ1) is 14.0. The van der Waals surface area contributed by atoms with Crippen LogP contribution in [-0.4, -0.2) is 44.6 Å². The maximum Gasteiger partial charge on any atom is 0.0967 e. The Morgan fingerprint density at radius 1 is 1.45 bits per heavy atom. The molecule has 2 aliphatic rings. The molecule has 1 saturated heterocycles. The van der Waals surface area contributed by atoms with Crippen LogP contribution in [0.15, 0.2) is 6.20 Å². The summed E-state index contributed by atoms with van der Waals surface area (Å²) in [7, 11) is 1.94. The highest BCUT2D eigenvalue weighted by atomic mass is 15.4. The van der Waals surface area contributed by atoms with Gasteiger partial charge < -0.3 is 5.32 Å². The van der Waals surface area contributed by atoms with Crippen LogP contribution in [0.5, 0.6) is 0 Å². The summed E-state index contributed by atoms with van der Waals surface area (Å²) in [5.41, 5.74) is 1.39. The van der Waals surface area contributed by atoms with E-state index in [1.165, 1.54) is 25.7 Å². The lowest BCUT2D eigenvalue weighted by molar-refractivity contribution is 0.0250. The second-order valence-electron chi connectivity index (χ2n) is 6.76.